The predicted octanol–water partition coefficient (Wildman–Crippen LogP) is 2.53. The van der Waals surface area contributed by atoms with E-state index in [1.807, 2.05) is 6.92 Å². The molecule has 5 nitrogen and oxygen atoms in total. The van der Waals surface area contributed by atoms with Gasteiger partial charge in [0.1, 0.15) is 6.61 Å². The van der Waals surface area contributed by atoms with Gasteiger partial charge in [-0.3, -0.25) is 10.1 Å². The van der Waals surface area contributed by atoms with Crippen LogP contribution in [0, 0.1) is 10.1 Å². The lowest BCUT2D eigenvalue weighted by atomic mass is 10.1. The second-order valence-corrected chi connectivity index (χ2v) is 3.99. The van der Waals surface area contributed by atoms with E-state index in [1.54, 1.807) is 12.1 Å². The Morgan fingerprint density at radius 3 is 2.53 bits per heavy atom. The molecule has 0 heterocycles. The SMILES string of the molecule is CC(NCCOCC(F)F)c1ccc([N+](=O)[O-])cc1. The van der Waals surface area contributed by atoms with Gasteiger partial charge in [-0.25, -0.2) is 8.78 Å². The van der Waals surface area contributed by atoms with E-state index in [-0.39, 0.29) is 18.3 Å². The summed E-state index contributed by atoms with van der Waals surface area (Å²) in [6.07, 6.45) is -2.45. The van der Waals surface area contributed by atoms with Crippen LogP contribution in [0.3, 0.4) is 0 Å². The molecule has 1 aromatic carbocycles. The lowest BCUT2D eigenvalue weighted by Gasteiger charge is -2.14. The van der Waals surface area contributed by atoms with Crippen molar-refractivity contribution in [3.05, 3.63) is 39.9 Å². The number of hydrogen-bond acceptors (Lipinski definition) is 4. The first-order chi connectivity index (χ1) is 9.00. The smallest absolute Gasteiger partial charge is 0.269 e. The number of ether oxygens (including phenoxy) is 1. The Morgan fingerprint density at radius 2 is 2.00 bits per heavy atom. The second-order valence-electron chi connectivity index (χ2n) is 3.99. The Bertz CT molecular complexity index is 398. The third kappa shape index (κ3) is 5.71. The minimum atomic E-state index is -2.45. The Labute approximate surface area is 109 Å². The minimum absolute atomic E-state index is 0.0315. The summed E-state index contributed by atoms with van der Waals surface area (Å²) in [4.78, 5) is 10.0. The molecule has 0 aliphatic heterocycles. The monoisotopic (exact) mass is 274 g/mol. The van der Waals surface area contributed by atoms with Crippen molar-refractivity contribution in [3.8, 4) is 0 Å². The number of nitrogens with zero attached hydrogens (tertiary/aromatic N) is 1. The molecule has 1 unspecified atom stereocenters. The number of halogens is 2. The molecule has 0 aliphatic carbocycles. The lowest BCUT2D eigenvalue weighted by Crippen LogP contribution is -2.24. The van der Waals surface area contributed by atoms with Gasteiger partial charge in [0.05, 0.1) is 11.5 Å². The van der Waals surface area contributed by atoms with Crippen molar-refractivity contribution in [2.24, 2.45) is 0 Å². The summed E-state index contributed by atoms with van der Waals surface area (Å²) < 4.78 is 28.3. The Hall–Kier alpha value is -1.60. The fourth-order valence-electron chi connectivity index (χ4n) is 1.52. The van der Waals surface area contributed by atoms with Crippen LogP contribution in [0.25, 0.3) is 0 Å². The molecule has 0 bridgehead atoms. The van der Waals surface area contributed by atoms with Crippen LogP contribution in [-0.2, 0) is 4.74 Å². The fraction of sp³-hybridized carbons (Fsp3) is 0.500. The van der Waals surface area contributed by atoms with E-state index in [0.717, 1.165) is 5.56 Å². The number of hydrogen-bond donors (Lipinski definition) is 1. The minimum Gasteiger partial charge on any atom is -0.374 e. The van der Waals surface area contributed by atoms with Crippen molar-refractivity contribution >= 4 is 5.69 Å². The van der Waals surface area contributed by atoms with Crippen LogP contribution in [0.2, 0.25) is 0 Å². The highest BCUT2D eigenvalue weighted by Crippen LogP contribution is 2.17. The topological polar surface area (TPSA) is 64.4 Å². The Morgan fingerprint density at radius 1 is 1.37 bits per heavy atom. The molecule has 1 aromatic rings. The van der Waals surface area contributed by atoms with E-state index in [2.05, 4.69) is 5.32 Å². The normalized spacial score (nSPS) is 12.6. The van der Waals surface area contributed by atoms with Gasteiger partial charge < -0.3 is 10.1 Å². The van der Waals surface area contributed by atoms with Gasteiger partial charge in [0, 0.05) is 24.7 Å². The summed E-state index contributed by atoms with van der Waals surface area (Å²) >= 11 is 0. The molecule has 0 radical (unpaired) electrons. The van der Waals surface area contributed by atoms with Crippen molar-refractivity contribution < 1.29 is 18.4 Å². The summed E-state index contributed by atoms with van der Waals surface area (Å²) in [5.74, 6) is 0. The Kier molecular flexibility index (Phi) is 6.31. The molecular formula is C12H16F2N2O3. The number of nitrogens with one attached hydrogen (secondary N) is 1. The molecule has 106 valence electrons. The van der Waals surface area contributed by atoms with Crippen molar-refractivity contribution in [2.45, 2.75) is 19.4 Å². The highest BCUT2D eigenvalue weighted by molar-refractivity contribution is 5.33. The summed E-state index contributed by atoms with van der Waals surface area (Å²) in [5, 5.41) is 13.6. The number of non-ortho nitro benzene ring substituents is 1. The highest BCUT2D eigenvalue weighted by Gasteiger charge is 2.08. The number of alkyl halides is 2. The van der Waals surface area contributed by atoms with Gasteiger partial charge in [-0.15, -0.1) is 0 Å². The van der Waals surface area contributed by atoms with Crippen LogP contribution >= 0.6 is 0 Å². The number of rotatable bonds is 8. The molecular weight excluding hydrogens is 258 g/mol. The molecule has 0 amide bonds. The van der Waals surface area contributed by atoms with Gasteiger partial charge in [-0.05, 0) is 12.5 Å². The van der Waals surface area contributed by atoms with Crippen molar-refractivity contribution in [2.75, 3.05) is 19.8 Å². The van der Waals surface area contributed by atoms with Gasteiger partial charge in [0.25, 0.3) is 12.1 Å². The molecule has 1 atom stereocenters. The van der Waals surface area contributed by atoms with Gasteiger partial charge in [-0.2, -0.15) is 0 Å². The van der Waals surface area contributed by atoms with Crippen LogP contribution in [0.5, 0.6) is 0 Å². The molecule has 7 heteroatoms. The fourth-order valence-corrected chi connectivity index (χ4v) is 1.52. The summed E-state index contributed by atoms with van der Waals surface area (Å²) in [6, 6.07) is 6.16. The summed E-state index contributed by atoms with van der Waals surface area (Å²) in [7, 11) is 0. The zero-order valence-corrected chi connectivity index (χ0v) is 10.5. The van der Waals surface area contributed by atoms with E-state index in [1.165, 1.54) is 12.1 Å². The Balaban J connectivity index is 2.33. The van der Waals surface area contributed by atoms with Crippen LogP contribution in [0.4, 0.5) is 14.5 Å². The van der Waals surface area contributed by atoms with E-state index < -0.39 is 18.0 Å². The quantitative estimate of drug-likeness (QED) is 0.449. The maximum absolute atomic E-state index is 11.8. The van der Waals surface area contributed by atoms with E-state index in [0.29, 0.717) is 6.54 Å². The van der Waals surface area contributed by atoms with E-state index >= 15 is 0 Å². The standard InChI is InChI=1S/C12H16F2N2O3/c1-9(15-6-7-19-8-12(13)14)10-2-4-11(5-3-10)16(17)18/h2-5,9,12,15H,6-8H2,1H3. The third-order valence-corrected chi connectivity index (χ3v) is 2.54. The van der Waals surface area contributed by atoms with Gasteiger partial charge >= 0.3 is 0 Å². The zero-order chi connectivity index (χ0) is 14.3. The number of nitro benzene ring substituents is 1. The first-order valence-electron chi connectivity index (χ1n) is 5.84. The van der Waals surface area contributed by atoms with Crippen LogP contribution in [0.15, 0.2) is 24.3 Å². The van der Waals surface area contributed by atoms with Crippen LogP contribution in [-0.4, -0.2) is 31.1 Å². The third-order valence-electron chi connectivity index (χ3n) is 2.54. The van der Waals surface area contributed by atoms with E-state index in [4.69, 9.17) is 4.74 Å². The zero-order valence-electron chi connectivity index (χ0n) is 10.5. The molecule has 0 fully saturated rings. The van der Waals surface area contributed by atoms with Crippen LogP contribution in [0.1, 0.15) is 18.5 Å². The number of nitro groups is 1. The summed E-state index contributed by atoms with van der Waals surface area (Å²) in [5.41, 5.74) is 0.927. The van der Waals surface area contributed by atoms with Crippen molar-refractivity contribution in [1.82, 2.24) is 5.32 Å². The lowest BCUT2D eigenvalue weighted by molar-refractivity contribution is -0.384. The first kappa shape index (κ1) is 15.5. The van der Waals surface area contributed by atoms with Crippen molar-refractivity contribution in [1.29, 1.82) is 0 Å². The molecule has 0 aromatic heterocycles. The molecule has 0 saturated heterocycles. The van der Waals surface area contributed by atoms with E-state index in [9.17, 15) is 18.9 Å². The molecule has 1 N–H and O–H groups in total. The largest absolute Gasteiger partial charge is 0.374 e. The first-order valence-corrected chi connectivity index (χ1v) is 5.84. The average molecular weight is 274 g/mol. The molecule has 1 rings (SSSR count). The van der Waals surface area contributed by atoms with Gasteiger partial charge in [0.15, 0.2) is 0 Å². The average Bonchev–Trinajstić information content (AvgIpc) is 2.37. The molecule has 0 saturated carbocycles. The van der Waals surface area contributed by atoms with Crippen LogP contribution < -0.4 is 5.32 Å². The highest BCUT2D eigenvalue weighted by atomic mass is 19.3. The summed E-state index contributed by atoms with van der Waals surface area (Å²) in [6.45, 7) is 1.95. The van der Waals surface area contributed by atoms with Gasteiger partial charge in [0.2, 0.25) is 0 Å². The van der Waals surface area contributed by atoms with Crippen molar-refractivity contribution in [3.63, 3.8) is 0 Å². The molecule has 0 aliphatic rings. The second kappa shape index (κ2) is 7.75. The maximum atomic E-state index is 11.8. The molecule has 0 spiro atoms. The predicted molar refractivity (Wildman–Crippen MR) is 66.3 cm³/mol. The molecule has 19 heavy (non-hydrogen) atoms. The number of benzene rings is 1. The van der Waals surface area contributed by atoms with Gasteiger partial charge in [-0.1, -0.05) is 12.1 Å². The maximum Gasteiger partial charge on any atom is 0.269 e.